The SMILES string of the molecule is CCN(CC)CCCCC(=O)c1cc(NC(=O)c2ccc3c(c2)C(=O)c2ccccc2C3=O)cc(C(=O)CCCCN(CC)CC)c1. The number of nitrogens with one attached hydrogen (secondary N) is 1. The molecular weight excluding hydrogens is 590 g/mol. The highest BCUT2D eigenvalue weighted by molar-refractivity contribution is 6.29. The molecule has 0 spiro atoms. The van der Waals surface area contributed by atoms with Gasteiger partial charge < -0.3 is 15.1 Å². The molecule has 248 valence electrons. The first kappa shape index (κ1) is 35.6. The topological polar surface area (TPSA) is 104 Å². The van der Waals surface area contributed by atoms with E-state index in [0.717, 1.165) is 65.0 Å². The van der Waals surface area contributed by atoms with Crippen LogP contribution in [0.5, 0.6) is 0 Å². The molecule has 0 radical (unpaired) electrons. The molecule has 0 atom stereocenters. The molecule has 1 amide bonds. The minimum atomic E-state index is -0.506. The molecule has 1 N–H and O–H groups in total. The molecule has 0 bridgehead atoms. The second kappa shape index (κ2) is 17.0. The maximum atomic E-state index is 13.5. The Morgan fingerprint density at radius 1 is 0.553 bits per heavy atom. The zero-order valence-electron chi connectivity index (χ0n) is 28.2. The fraction of sp³-hybridized carbons (Fsp3) is 0.410. The summed E-state index contributed by atoms with van der Waals surface area (Å²) in [6, 6.07) is 16.0. The van der Waals surface area contributed by atoms with E-state index in [2.05, 4.69) is 42.8 Å². The lowest BCUT2D eigenvalue weighted by Crippen LogP contribution is -2.24. The highest BCUT2D eigenvalue weighted by Crippen LogP contribution is 2.28. The van der Waals surface area contributed by atoms with Gasteiger partial charge in [-0.15, -0.1) is 0 Å². The van der Waals surface area contributed by atoms with Crippen molar-refractivity contribution in [3.8, 4) is 0 Å². The Bertz CT molecular complexity index is 1570. The summed E-state index contributed by atoms with van der Waals surface area (Å²) in [5.74, 6) is -1.23. The first-order valence-electron chi connectivity index (χ1n) is 17.0. The van der Waals surface area contributed by atoms with Crippen LogP contribution in [0.25, 0.3) is 0 Å². The van der Waals surface area contributed by atoms with Crippen LogP contribution in [0.2, 0.25) is 0 Å². The van der Waals surface area contributed by atoms with Crippen molar-refractivity contribution in [3.63, 3.8) is 0 Å². The number of hydrogen-bond donors (Lipinski definition) is 1. The third-order valence-electron chi connectivity index (χ3n) is 9.07. The summed E-state index contributed by atoms with van der Waals surface area (Å²) in [6.45, 7) is 14.2. The third-order valence-corrected chi connectivity index (χ3v) is 9.07. The second-order valence-electron chi connectivity index (χ2n) is 12.0. The molecule has 8 nitrogen and oxygen atoms in total. The summed E-state index contributed by atoms with van der Waals surface area (Å²) in [5.41, 5.74) is 2.40. The molecule has 0 aliphatic heterocycles. The van der Waals surface area contributed by atoms with Crippen LogP contribution in [-0.4, -0.2) is 78.1 Å². The summed E-state index contributed by atoms with van der Waals surface area (Å²) >= 11 is 0. The standard InChI is InChI=1S/C39H47N3O5/c1-5-41(6-2)21-13-11-17-35(43)28-23-29(36(44)18-12-14-22-42(7-3)8-4)25-30(24-28)40-39(47)27-19-20-33-34(26-27)38(46)32-16-10-9-15-31(32)37(33)45/h9-10,15-16,19-20,23-26H,5-8,11-14,17-18,21-22H2,1-4H3,(H,40,47). The number of amides is 1. The van der Waals surface area contributed by atoms with Gasteiger partial charge in [-0.25, -0.2) is 0 Å². The van der Waals surface area contributed by atoms with Crippen molar-refractivity contribution < 1.29 is 24.0 Å². The first-order valence-corrected chi connectivity index (χ1v) is 17.0. The number of Topliss-reactive ketones (excluding diaryl/α,β-unsaturated/α-hetero) is 2. The third kappa shape index (κ3) is 8.96. The monoisotopic (exact) mass is 637 g/mol. The molecule has 4 rings (SSSR count). The highest BCUT2D eigenvalue weighted by Gasteiger charge is 2.30. The second-order valence-corrected chi connectivity index (χ2v) is 12.0. The van der Waals surface area contributed by atoms with Gasteiger partial charge >= 0.3 is 0 Å². The number of fused-ring (bicyclic) bond motifs is 2. The van der Waals surface area contributed by atoms with E-state index in [1.165, 1.54) is 18.2 Å². The first-order chi connectivity index (χ1) is 22.7. The average molecular weight is 638 g/mol. The van der Waals surface area contributed by atoms with E-state index in [-0.39, 0.29) is 39.8 Å². The zero-order valence-corrected chi connectivity index (χ0v) is 28.2. The van der Waals surface area contributed by atoms with Crippen molar-refractivity contribution in [2.75, 3.05) is 44.6 Å². The van der Waals surface area contributed by atoms with Crippen molar-refractivity contribution in [1.29, 1.82) is 0 Å². The molecule has 0 saturated heterocycles. The predicted octanol–water partition coefficient (Wildman–Crippen LogP) is 7.10. The van der Waals surface area contributed by atoms with Gasteiger partial charge in [-0.05, 0) is 101 Å². The van der Waals surface area contributed by atoms with Crippen LogP contribution in [0.3, 0.4) is 0 Å². The predicted molar refractivity (Wildman–Crippen MR) is 186 cm³/mol. The van der Waals surface area contributed by atoms with E-state index >= 15 is 0 Å². The Morgan fingerprint density at radius 2 is 1.02 bits per heavy atom. The largest absolute Gasteiger partial charge is 0.322 e. The summed E-state index contributed by atoms with van der Waals surface area (Å²) in [5, 5.41) is 2.84. The lowest BCUT2D eigenvalue weighted by molar-refractivity contribution is 0.0972. The van der Waals surface area contributed by atoms with Crippen molar-refractivity contribution in [2.24, 2.45) is 0 Å². The average Bonchev–Trinajstić information content (AvgIpc) is 3.10. The van der Waals surface area contributed by atoms with Crippen molar-refractivity contribution in [3.05, 3.63) is 99.6 Å². The molecule has 8 heteroatoms. The quantitative estimate of drug-likeness (QED) is 0.0917. The van der Waals surface area contributed by atoms with Crippen LogP contribution in [-0.2, 0) is 0 Å². The van der Waals surface area contributed by atoms with Gasteiger partial charge in [-0.1, -0.05) is 52.0 Å². The fourth-order valence-electron chi connectivity index (χ4n) is 6.08. The fourth-order valence-corrected chi connectivity index (χ4v) is 6.08. The number of benzene rings is 3. The van der Waals surface area contributed by atoms with Gasteiger partial charge in [-0.2, -0.15) is 0 Å². The van der Waals surface area contributed by atoms with Crippen LogP contribution >= 0.6 is 0 Å². The Labute approximate surface area is 278 Å². The lowest BCUT2D eigenvalue weighted by Gasteiger charge is -2.18. The molecular formula is C39H47N3O5. The van der Waals surface area contributed by atoms with Gasteiger partial charge in [0.25, 0.3) is 5.91 Å². The number of anilines is 1. The Morgan fingerprint density at radius 3 is 1.51 bits per heavy atom. The number of hydrogen-bond acceptors (Lipinski definition) is 7. The molecule has 3 aromatic carbocycles. The van der Waals surface area contributed by atoms with E-state index in [1.807, 2.05) is 0 Å². The van der Waals surface area contributed by atoms with E-state index in [1.54, 1.807) is 42.5 Å². The Balaban J connectivity index is 1.53. The highest BCUT2D eigenvalue weighted by atomic mass is 16.2. The molecule has 3 aromatic rings. The van der Waals surface area contributed by atoms with Gasteiger partial charge in [0.1, 0.15) is 0 Å². The number of rotatable bonds is 18. The van der Waals surface area contributed by atoms with Crippen LogP contribution in [0.15, 0.2) is 60.7 Å². The number of unbranched alkanes of at least 4 members (excludes halogenated alkanes) is 2. The van der Waals surface area contributed by atoms with E-state index in [4.69, 9.17) is 0 Å². The smallest absolute Gasteiger partial charge is 0.255 e. The van der Waals surface area contributed by atoms with Gasteiger partial charge in [0, 0.05) is 57.5 Å². The lowest BCUT2D eigenvalue weighted by atomic mass is 9.83. The Hall–Kier alpha value is -4.27. The van der Waals surface area contributed by atoms with Gasteiger partial charge in [-0.3, -0.25) is 24.0 Å². The summed E-state index contributed by atoms with van der Waals surface area (Å²) < 4.78 is 0. The minimum absolute atomic E-state index is 0.0761. The van der Waals surface area contributed by atoms with E-state index in [0.29, 0.717) is 40.8 Å². The Kier molecular flexibility index (Phi) is 12.9. The van der Waals surface area contributed by atoms with Gasteiger partial charge in [0.2, 0.25) is 0 Å². The molecule has 1 aliphatic rings. The molecule has 0 fully saturated rings. The normalized spacial score (nSPS) is 12.3. The number of ketones is 4. The summed E-state index contributed by atoms with van der Waals surface area (Å²) in [7, 11) is 0. The molecule has 1 aliphatic carbocycles. The number of carbonyl (C=O) groups excluding carboxylic acids is 5. The van der Waals surface area contributed by atoms with Crippen molar-refractivity contribution >= 4 is 34.7 Å². The molecule has 0 saturated carbocycles. The maximum Gasteiger partial charge on any atom is 0.255 e. The molecule has 0 aromatic heterocycles. The van der Waals surface area contributed by atoms with Crippen molar-refractivity contribution in [1.82, 2.24) is 9.80 Å². The molecule has 0 heterocycles. The van der Waals surface area contributed by atoms with E-state index < -0.39 is 5.91 Å². The number of nitrogens with zero attached hydrogens (tertiary/aromatic N) is 2. The molecule has 0 unspecified atom stereocenters. The number of carbonyl (C=O) groups is 5. The van der Waals surface area contributed by atoms with Crippen LogP contribution in [0.4, 0.5) is 5.69 Å². The molecule has 47 heavy (non-hydrogen) atoms. The van der Waals surface area contributed by atoms with Gasteiger partial charge in [0.15, 0.2) is 23.1 Å². The minimum Gasteiger partial charge on any atom is -0.322 e. The van der Waals surface area contributed by atoms with Crippen LogP contribution in [0, 0.1) is 0 Å². The van der Waals surface area contributed by atoms with Gasteiger partial charge in [0.05, 0.1) is 0 Å². The van der Waals surface area contributed by atoms with Crippen LogP contribution < -0.4 is 5.32 Å². The summed E-state index contributed by atoms with van der Waals surface area (Å²) in [4.78, 5) is 71.0. The van der Waals surface area contributed by atoms with Crippen LogP contribution in [0.1, 0.15) is 129 Å². The summed E-state index contributed by atoms with van der Waals surface area (Å²) in [6.07, 6.45) is 3.94. The zero-order chi connectivity index (χ0) is 33.9. The maximum absolute atomic E-state index is 13.5. The van der Waals surface area contributed by atoms with E-state index in [9.17, 15) is 24.0 Å². The van der Waals surface area contributed by atoms with Crippen molar-refractivity contribution in [2.45, 2.75) is 66.2 Å².